The highest BCUT2D eigenvalue weighted by Gasteiger charge is 2.08. The highest BCUT2D eigenvalue weighted by molar-refractivity contribution is 5.77. The van der Waals surface area contributed by atoms with Crippen LogP contribution in [0.3, 0.4) is 0 Å². The molecular weight excluding hydrogens is 138 g/mol. The maximum absolute atomic E-state index is 11.0. The lowest BCUT2D eigenvalue weighted by Gasteiger charge is -2.08. The SMILES string of the molecule is CCC(C)C[N]C(=O)C(C)C. The van der Waals surface area contributed by atoms with Crippen molar-refractivity contribution in [2.75, 3.05) is 6.54 Å². The molecule has 0 heterocycles. The first-order chi connectivity index (χ1) is 5.07. The molecule has 2 nitrogen and oxygen atoms in total. The molecular formula is C9H18NO. The molecule has 0 bridgehead atoms. The molecule has 0 rings (SSSR count). The Hall–Kier alpha value is -0.530. The minimum atomic E-state index is 0.0327. The molecule has 0 saturated carbocycles. The summed E-state index contributed by atoms with van der Waals surface area (Å²) in [6.45, 7) is 8.66. The predicted octanol–water partition coefficient (Wildman–Crippen LogP) is 1.82. The average Bonchev–Trinajstić information content (AvgIpc) is 1.99. The monoisotopic (exact) mass is 156 g/mol. The molecule has 0 aromatic rings. The Morgan fingerprint density at radius 2 is 1.91 bits per heavy atom. The second kappa shape index (κ2) is 5.16. The smallest absolute Gasteiger partial charge is 0.243 e. The maximum Gasteiger partial charge on any atom is 0.243 e. The van der Waals surface area contributed by atoms with Crippen LogP contribution in [0.4, 0.5) is 0 Å². The van der Waals surface area contributed by atoms with Gasteiger partial charge in [-0.1, -0.05) is 34.1 Å². The standard InChI is InChI=1S/C9H18NO/c1-5-8(4)6-10-9(11)7(2)3/h7-8H,5-6H2,1-4H3. The van der Waals surface area contributed by atoms with Crippen LogP contribution in [0.2, 0.25) is 0 Å². The van der Waals surface area contributed by atoms with Gasteiger partial charge < -0.3 is 0 Å². The summed E-state index contributed by atoms with van der Waals surface area (Å²) in [5.74, 6) is 0.627. The van der Waals surface area contributed by atoms with E-state index < -0.39 is 0 Å². The van der Waals surface area contributed by atoms with E-state index in [-0.39, 0.29) is 11.8 Å². The van der Waals surface area contributed by atoms with Crippen molar-refractivity contribution in [2.45, 2.75) is 34.1 Å². The van der Waals surface area contributed by atoms with Gasteiger partial charge in [0.25, 0.3) is 0 Å². The van der Waals surface area contributed by atoms with Gasteiger partial charge in [0.15, 0.2) is 0 Å². The number of rotatable bonds is 4. The Bertz CT molecular complexity index is 121. The van der Waals surface area contributed by atoms with Gasteiger partial charge in [-0.25, -0.2) is 0 Å². The lowest BCUT2D eigenvalue weighted by molar-refractivity contribution is -0.124. The van der Waals surface area contributed by atoms with Crippen molar-refractivity contribution in [3.8, 4) is 0 Å². The first-order valence-corrected chi connectivity index (χ1v) is 4.29. The number of hydrogen-bond donors (Lipinski definition) is 0. The summed E-state index contributed by atoms with van der Waals surface area (Å²) in [5.41, 5.74) is 0. The molecule has 0 aromatic heterocycles. The molecule has 0 aliphatic rings. The molecule has 0 saturated heterocycles. The Morgan fingerprint density at radius 1 is 1.36 bits per heavy atom. The summed E-state index contributed by atoms with van der Waals surface area (Å²) in [6.07, 6.45) is 1.09. The van der Waals surface area contributed by atoms with E-state index in [2.05, 4.69) is 19.2 Å². The van der Waals surface area contributed by atoms with E-state index in [1.807, 2.05) is 13.8 Å². The van der Waals surface area contributed by atoms with Gasteiger partial charge in [-0.05, 0) is 5.92 Å². The molecule has 11 heavy (non-hydrogen) atoms. The summed E-state index contributed by atoms with van der Waals surface area (Å²) < 4.78 is 0. The number of carbonyl (C=O) groups is 1. The van der Waals surface area contributed by atoms with E-state index in [9.17, 15) is 4.79 Å². The summed E-state index contributed by atoms with van der Waals surface area (Å²) in [4.78, 5) is 11.0. The van der Waals surface area contributed by atoms with Gasteiger partial charge >= 0.3 is 0 Å². The summed E-state index contributed by atoms with van der Waals surface area (Å²) in [5, 5.41) is 3.96. The van der Waals surface area contributed by atoms with Crippen LogP contribution in [-0.4, -0.2) is 12.5 Å². The molecule has 1 radical (unpaired) electrons. The zero-order valence-electron chi connectivity index (χ0n) is 7.92. The number of carbonyl (C=O) groups excluding carboxylic acids is 1. The average molecular weight is 156 g/mol. The minimum Gasteiger partial charge on any atom is -0.273 e. The molecule has 0 spiro atoms. The maximum atomic E-state index is 11.0. The second-order valence-corrected chi connectivity index (χ2v) is 3.35. The molecule has 65 valence electrons. The summed E-state index contributed by atoms with van der Waals surface area (Å²) in [6, 6.07) is 0. The quantitative estimate of drug-likeness (QED) is 0.610. The molecule has 1 unspecified atom stereocenters. The van der Waals surface area contributed by atoms with E-state index in [4.69, 9.17) is 0 Å². The Labute approximate surface area is 69.4 Å². The Morgan fingerprint density at radius 3 is 2.27 bits per heavy atom. The zero-order chi connectivity index (χ0) is 8.85. The molecule has 0 aliphatic carbocycles. The largest absolute Gasteiger partial charge is 0.273 e. The number of amides is 1. The minimum absolute atomic E-state index is 0.0327. The van der Waals surface area contributed by atoms with E-state index in [0.29, 0.717) is 12.5 Å². The summed E-state index contributed by atoms with van der Waals surface area (Å²) in [7, 11) is 0. The first kappa shape index (κ1) is 10.5. The predicted molar refractivity (Wildman–Crippen MR) is 46.3 cm³/mol. The van der Waals surface area contributed by atoms with Crippen LogP contribution in [0.5, 0.6) is 0 Å². The fraction of sp³-hybridized carbons (Fsp3) is 0.889. The highest BCUT2D eigenvalue weighted by Crippen LogP contribution is 2.00. The number of nitrogens with zero attached hydrogens (tertiary/aromatic N) is 1. The van der Waals surface area contributed by atoms with E-state index in [1.54, 1.807) is 0 Å². The van der Waals surface area contributed by atoms with Crippen molar-refractivity contribution in [1.29, 1.82) is 0 Å². The second-order valence-electron chi connectivity index (χ2n) is 3.35. The fourth-order valence-electron chi connectivity index (χ4n) is 0.557. The molecule has 1 atom stereocenters. The zero-order valence-corrected chi connectivity index (χ0v) is 7.92. The third-order valence-electron chi connectivity index (χ3n) is 1.75. The van der Waals surface area contributed by atoms with Crippen molar-refractivity contribution < 1.29 is 4.79 Å². The molecule has 1 amide bonds. The van der Waals surface area contributed by atoms with Gasteiger partial charge in [0.2, 0.25) is 5.91 Å². The van der Waals surface area contributed by atoms with Gasteiger partial charge in [-0.2, -0.15) is 0 Å². The van der Waals surface area contributed by atoms with Gasteiger partial charge in [0.05, 0.1) is 0 Å². The van der Waals surface area contributed by atoms with Gasteiger partial charge in [0, 0.05) is 12.5 Å². The highest BCUT2D eigenvalue weighted by atomic mass is 16.1. The lowest BCUT2D eigenvalue weighted by atomic mass is 10.1. The Balaban J connectivity index is 3.46. The van der Waals surface area contributed by atoms with Crippen LogP contribution < -0.4 is 5.32 Å². The first-order valence-electron chi connectivity index (χ1n) is 4.29. The van der Waals surface area contributed by atoms with Crippen molar-refractivity contribution in [1.82, 2.24) is 5.32 Å². The topological polar surface area (TPSA) is 31.2 Å². The molecule has 0 fully saturated rings. The van der Waals surface area contributed by atoms with Crippen LogP contribution >= 0.6 is 0 Å². The van der Waals surface area contributed by atoms with Crippen molar-refractivity contribution in [2.24, 2.45) is 11.8 Å². The van der Waals surface area contributed by atoms with Crippen molar-refractivity contribution in [3.63, 3.8) is 0 Å². The third-order valence-corrected chi connectivity index (χ3v) is 1.75. The van der Waals surface area contributed by atoms with Crippen LogP contribution in [0.15, 0.2) is 0 Å². The van der Waals surface area contributed by atoms with Gasteiger partial charge in [-0.15, -0.1) is 0 Å². The third kappa shape index (κ3) is 4.82. The number of hydrogen-bond acceptors (Lipinski definition) is 1. The van der Waals surface area contributed by atoms with Crippen molar-refractivity contribution >= 4 is 5.91 Å². The Kier molecular flexibility index (Phi) is 4.92. The van der Waals surface area contributed by atoms with Crippen LogP contribution in [0.1, 0.15) is 34.1 Å². The van der Waals surface area contributed by atoms with Crippen LogP contribution in [0, 0.1) is 11.8 Å². The molecule has 0 N–H and O–H groups in total. The van der Waals surface area contributed by atoms with E-state index in [1.165, 1.54) is 0 Å². The van der Waals surface area contributed by atoms with Crippen molar-refractivity contribution in [3.05, 3.63) is 0 Å². The van der Waals surface area contributed by atoms with Gasteiger partial charge in [0.1, 0.15) is 0 Å². The molecule has 2 heteroatoms. The van der Waals surface area contributed by atoms with Crippen LogP contribution in [0.25, 0.3) is 0 Å². The molecule has 0 aliphatic heterocycles. The van der Waals surface area contributed by atoms with E-state index >= 15 is 0 Å². The fourth-order valence-corrected chi connectivity index (χ4v) is 0.557. The van der Waals surface area contributed by atoms with Gasteiger partial charge in [-0.3, -0.25) is 10.1 Å². The lowest BCUT2D eigenvalue weighted by Crippen LogP contribution is -2.24. The van der Waals surface area contributed by atoms with E-state index in [0.717, 1.165) is 6.42 Å². The van der Waals surface area contributed by atoms with Crippen LogP contribution in [-0.2, 0) is 4.79 Å². The molecule has 0 aromatic carbocycles. The summed E-state index contributed by atoms with van der Waals surface area (Å²) >= 11 is 0. The normalized spacial score (nSPS) is 13.2.